The highest BCUT2D eigenvalue weighted by molar-refractivity contribution is 5.85. The molecule has 1 aliphatic carbocycles. The van der Waals surface area contributed by atoms with Gasteiger partial charge in [0.2, 0.25) is 5.91 Å². The van der Waals surface area contributed by atoms with E-state index >= 15 is 0 Å². The van der Waals surface area contributed by atoms with Gasteiger partial charge in [0, 0.05) is 26.6 Å². The van der Waals surface area contributed by atoms with Gasteiger partial charge >= 0.3 is 0 Å². The van der Waals surface area contributed by atoms with Gasteiger partial charge in [-0.3, -0.25) is 4.79 Å². The van der Waals surface area contributed by atoms with E-state index in [2.05, 4.69) is 12.2 Å². The van der Waals surface area contributed by atoms with E-state index in [1.807, 2.05) is 19.0 Å². The largest absolute Gasteiger partial charge is 0.344 e. The molecule has 1 rings (SSSR count). The standard InChI is InChI=1S/C12H24N2O.ClH/c1-10-4-5-11(8-10)9-12(15)14(3)7-6-13-2;/h10-11,13H,4-9H2,1-3H3;1H. The van der Waals surface area contributed by atoms with Crippen molar-refractivity contribution in [2.45, 2.75) is 32.6 Å². The van der Waals surface area contributed by atoms with E-state index in [9.17, 15) is 4.79 Å². The molecule has 1 amide bonds. The van der Waals surface area contributed by atoms with Gasteiger partial charge in [-0.2, -0.15) is 0 Å². The monoisotopic (exact) mass is 248 g/mol. The Balaban J connectivity index is 0.00000225. The second kappa shape index (κ2) is 7.91. The summed E-state index contributed by atoms with van der Waals surface area (Å²) in [5.74, 6) is 1.78. The summed E-state index contributed by atoms with van der Waals surface area (Å²) in [6.45, 7) is 3.98. The SMILES string of the molecule is CNCCN(C)C(=O)CC1CCC(C)C1.Cl. The first-order chi connectivity index (χ1) is 7.13. The molecular formula is C12H25ClN2O. The van der Waals surface area contributed by atoms with E-state index in [1.165, 1.54) is 19.3 Å². The maximum absolute atomic E-state index is 11.8. The van der Waals surface area contributed by atoms with Gasteiger partial charge in [-0.25, -0.2) is 0 Å². The maximum Gasteiger partial charge on any atom is 0.222 e. The minimum Gasteiger partial charge on any atom is -0.344 e. The lowest BCUT2D eigenvalue weighted by molar-refractivity contribution is -0.130. The number of nitrogens with one attached hydrogen (secondary N) is 1. The van der Waals surface area contributed by atoms with E-state index in [1.54, 1.807) is 0 Å². The molecule has 16 heavy (non-hydrogen) atoms. The van der Waals surface area contributed by atoms with Gasteiger partial charge in [0.05, 0.1) is 0 Å². The van der Waals surface area contributed by atoms with Gasteiger partial charge in [0.15, 0.2) is 0 Å². The van der Waals surface area contributed by atoms with Gasteiger partial charge in [0.25, 0.3) is 0 Å². The third kappa shape index (κ3) is 5.17. The van der Waals surface area contributed by atoms with Gasteiger partial charge < -0.3 is 10.2 Å². The molecule has 0 aromatic carbocycles. The summed E-state index contributed by atoms with van der Waals surface area (Å²) in [5, 5.41) is 3.06. The molecule has 4 heteroatoms. The molecule has 1 N–H and O–H groups in total. The van der Waals surface area contributed by atoms with Gasteiger partial charge in [-0.15, -0.1) is 12.4 Å². The minimum absolute atomic E-state index is 0. The lowest BCUT2D eigenvalue weighted by atomic mass is 10.0. The number of likely N-dealkylation sites (N-methyl/N-ethyl adjacent to an activating group) is 2. The number of hydrogen-bond donors (Lipinski definition) is 1. The Kier molecular flexibility index (Phi) is 7.77. The van der Waals surface area contributed by atoms with Crippen LogP contribution in [0.25, 0.3) is 0 Å². The highest BCUT2D eigenvalue weighted by atomic mass is 35.5. The normalized spacial score (nSPS) is 23.9. The topological polar surface area (TPSA) is 32.3 Å². The first-order valence-electron chi connectivity index (χ1n) is 6.02. The number of rotatable bonds is 5. The molecule has 2 atom stereocenters. The Morgan fingerprint density at radius 2 is 2.12 bits per heavy atom. The molecule has 0 saturated heterocycles. The summed E-state index contributed by atoms with van der Waals surface area (Å²) in [6, 6.07) is 0. The fraction of sp³-hybridized carbons (Fsp3) is 0.917. The average molecular weight is 249 g/mol. The van der Waals surface area contributed by atoms with Crippen LogP contribution in [-0.4, -0.2) is 38.0 Å². The Morgan fingerprint density at radius 3 is 2.62 bits per heavy atom. The van der Waals surface area contributed by atoms with Crippen LogP contribution in [0.2, 0.25) is 0 Å². The Bertz CT molecular complexity index is 211. The molecule has 2 unspecified atom stereocenters. The van der Waals surface area contributed by atoms with Crippen LogP contribution in [-0.2, 0) is 4.79 Å². The summed E-state index contributed by atoms with van der Waals surface area (Å²) in [4.78, 5) is 13.7. The zero-order valence-corrected chi connectivity index (χ0v) is 11.5. The summed E-state index contributed by atoms with van der Waals surface area (Å²) >= 11 is 0. The molecule has 1 aliphatic rings. The number of carbonyl (C=O) groups is 1. The molecular weight excluding hydrogens is 224 g/mol. The lowest BCUT2D eigenvalue weighted by Crippen LogP contribution is -2.33. The number of carbonyl (C=O) groups excluding carboxylic acids is 1. The molecule has 0 spiro atoms. The first kappa shape index (κ1) is 15.7. The van der Waals surface area contributed by atoms with Crippen LogP contribution < -0.4 is 5.32 Å². The molecule has 0 aromatic heterocycles. The maximum atomic E-state index is 11.8. The van der Waals surface area contributed by atoms with Gasteiger partial charge in [-0.1, -0.05) is 13.3 Å². The highest BCUT2D eigenvalue weighted by Crippen LogP contribution is 2.32. The molecule has 0 aliphatic heterocycles. The highest BCUT2D eigenvalue weighted by Gasteiger charge is 2.24. The Morgan fingerprint density at radius 1 is 1.44 bits per heavy atom. The number of nitrogens with zero attached hydrogens (tertiary/aromatic N) is 1. The molecule has 0 bridgehead atoms. The van der Waals surface area contributed by atoms with Gasteiger partial charge in [0.1, 0.15) is 0 Å². The molecule has 0 radical (unpaired) electrons. The predicted octanol–water partition coefficient (Wildman–Crippen LogP) is 1.91. The van der Waals surface area contributed by atoms with Crippen molar-refractivity contribution >= 4 is 18.3 Å². The summed E-state index contributed by atoms with van der Waals surface area (Å²) in [5.41, 5.74) is 0. The zero-order chi connectivity index (χ0) is 11.3. The van der Waals surface area contributed by atoms with Crippen molar-refractivity contribution in [3.8, 4) is 0 Å². The van der Waals surface area contributed by atoms with Crippen LogP contribution in [0.3, 0.4) is 0 Å². The van der Waals surface area contributed by atoms with Crippen molar-refractivity contribution in [3.05, 3.63) is 0 Å². The fourth-order valence-corrected chi connectivity index (χ4v) is 2.32. The molecule has 1 saturated carbocycles. The van der Waals surface area contributed by atoms with Crippen molar-refractivity contribution in [1.82, 2.24) is 10.2 Å². The quantitative estimate of drug-likeness (QED) is 0.806. The minimum atomic E-state index is 0. The van der Waals surface area contributed by atoms with E-state index in [0.717, 1.165) is 25.4 Å². The second-order valence-corrected chi connectivity index (χ2v) is 4.91. The van der Waals surface area contributed by atoms with Crippen LogP contribution in [0, 0.1) is 11.8 Å². The average Bonchev–Trinajstić information content (AvgIpc) is 2.60. The number of amides is 1. The Hall–Kier alpha value is -0.280. The van der Waals surface area contributed by atoms with Gasteiger partial charge in [-0.05, 0) is 31.7 Å². The van der Waals surface area contributed by atoms with Crippen molar-refractivity contribution < 1.29 is 4.79 Å². The van der Waals surface area contributed by atoms with E-state index in [-0.39, 0.29) is 12.4 Å². The van der Waals surface area contributed by atoms with Crippen LogP contribution in [0.4, 0.5) is 0 Å². The molecule has 0 heterocycles. The van der Waals surface area contributed by atoms with Crippen molar-refractivity contribution in [1.29, 1.82) is 0 Å². The van der Waals surface area contributed by atoms with Crippen LogP contribution in [0.15, 0.2) is 0 Å². The van der Waals surface area contributed by atoms with E-state index in [0.29, 0.717) is 11.8 Å². The molecule has 1 fully saturated rings. The predicted molar refractivity (Wildman–Crippen MR) is 69.9 cm³/mol. The number of halogens is 1. The van der Waals surface area contributed by atoms with E-state index < -0.39 is 0 Å². The fourth-order valence-electron chi connectivity index (χ4n) is 2.32. The third-order valence-corrected chi connectivity index (χ3v) is 3.39. The van der Waals surface area contributed by atoms with Crippen molar-refractivity contribution in [2.75, 3.05) is 27.2 Å². The summed E-state index contributed by atoms with van der Waals surface area (Å²) in [6.07, 6.45) is 4.54. The zero-order valence-electron chi connectivity index (χ0n) is 10.7. The smallest absolute Gasteiger partial charge is 0.222 e. The third-order valence-electron chi connectivity index (χ3n) is 3.39. The van der Waals surface area contributed by atoms with Crippen LogP contribution in [0.5, 0.6) is 0 Å². The molecule has 3 nitrogen and oxygen atoms in total. The Labute approximate surface area is 105 Å². The first-order valence-corrected chi connectivity index (χ1v) is 6.02. The second-order valence-electron chi connectivity index (χ2n) is 4.91. The van der Waals surface area contributed by atoms with Crippen molar-refractivity contribution in [2.24, 2.45) is 11.8 Å². The molecule has 0 aromatic rings. The summed E-state index contributed by atoms with van der Waals surface area (Å²) in [7, 11) is 3.81. The number of hydrogen-bond acceptors (Lipinski definition) is 2. The molecule has 96 valence electrons. The van der Waals surface area contributed by atoms with Crippen molar-refractivity contribution in [3.63, 3.8) is 0 Å². The van der Waals surface area contributed by atoms with Crippen LogP contribution >= 0.6 is 12.4 Å². The van der Waals surface area contributed by atoms with E-state index in [4.69, 9.17) is 0 Å². The van der Waals surface area contributed by atoms with Crippen LogP contribution in [0.1, 0.15) is 32.6 Å². The lowest BCUT2D eigenvalue weighted by Gasteiger charge is -2.19. The summed E-state index contributed by atoms with van der Waals surface area (Å²) < 4.78 is 0.